The Labute approximate surface area is 101 Å². The van der Waals surface area contributed by atoms with E-state index in [0.717, 1.165) is 25.8 Å². The molecule has 2 rings (SSSR count). The summed E-state index contributed by atoms with van der Waals surface area (Å²) in [5, 5.41) is 0. The molecule has 0 spiro atoms. The number of rotatable bonds is 5. The highest BCUT2D eigenvalue weighted by Crippen LogP contribution is 2.21. The lowest BCUT2D eigenvalue weighted by Gasteiger charge is -2.12. The van der Waals surface area contributed by atoms with Crippen LogP contribution in [0.2, 0.25) is 0 Å². The zero-order valence-electron chi connectivity index (χ0n) is 10.1. The Kier molecular flexibility index (Phi) is 3.91. The maximum absolute atomic E-state index is 12.2. The number of aryl methyl sites for hydroxylation is 1. The Morgan fingerprint density at radius 3 is 3.12 bits per heavy atom. The van der Waals surface area contributed by atoms with Gasteiger partial charge >= 0.3 is 0 Å². The molecule has 2 N–H and O–H groups in total. The van der Waals surface area contributed by atoms with Crippen molar-refractivity contribution in [1.82, 2.24) is 9.55 Å². The predicted molar refractivity (Wildman–Crippen MR) is 63.8 cm³/mol. The lowest BCUT2D eigenvalue weighted by molar-refractivity contribution is 0.0392. The zero-order valence-corrected chi connectivity index (χ0v) is 10.1. The SMILES string of the molecule is CCCn1ccnc1C(=O)C1CCC(CN)O1. The predicted octanol–water partition coefficient (Wildman–Crippen LogP) is 0.982. The van der Waals surface area contributed by atoms with E-state index >= 15 is 0 Å². The minimum atomic E-state index is -0.360. The first-order valence-corrected chi connectivity index (χ1v) is 6.17. The van der Waals surface area contributed by atoms with Gasteiger partial charge in [0.25, 0.3) is 0 Å². The van der Waals surface area contributed by atoms with Crippen LogP contribution >= 0.6 is 0 Å². The van der Waals surface area contributed by atoms with E-state index in [4.69, 9.17) is 10.5 Å². The Balaban J connectivity index is 2.06. The Bertz CT molecular complexity index is 389. The van der Waals surface area contributed by atoms with Crippen LogP contribution in [0.25, 0.3) is 0 Å². The van der Waals surface area contributed by atoms with E-state index in [0.29, 0.717) is 12.4 Å². The van der Waals surface area contributed by atoms with Crippen LogP contribution in [-0.2, 0) is 11.3 Å². The number of aromatic nitrogens is 2. The molecule has 2 atom stereocenters. The van der Waals surface area contributed by atoms with Gasteiger partial charge in [0, 0.05) is 25.5 Å². The first kappa shape index (κ1) is 12.3. The average Bonchev–Trinajstić information content (AvgIpc) is 2.97. The van der Waals surface area contributed by atoms with Gasteiger partial charge in [-0.3, -0.25) is 4.79 Å². The third-order valence-corrected chi connectivity index (χ3v) is 3.06. The number of hydrogen-bond acceptors (Lipinski definition) is 4. The molecule has 2 heterocycles. The molecule has 1 aliphatic heterocycles. The fourth-order valence-electron chi connectivity index (χ4n) is 2.17. The van der Waals surface area contributed by atoms with Crippen molar-refractivity contribution in [1.29, 1.82) is 0 Å². The topological polar surface area (TPSA) is 70.1 Å². The van der Waals surface area contributed by atoms with Gasteiger partial charge in [0.1, 0.15) is 6.10 Å². The molecule has 0 aliphatic carbocycles. The number of imidazole rings is 1. The lowest BCUT2D eigenvalue weighted by atomic mass is 10.1. The quantitative estimate of drug-likeness (QED) is 0.775. The van der Waals surface area contributed by atoms with Crippen LogP contribution in [0.4, 0.5) is 0 Å². The van der Waals surface area contributed by atoms with Crippen molar-refractivity contribution in [3.63, 3.8) is 0 Å². The van der Waals surface area contributed by atoms with Crippen LogP contribution < -0.4 is 5.73 Å². The second-order valence-electron chi connectivity index (χ2n) is 4.37. The summed E-state index contributed by atoms with van der Waals surface area (Å²) in [6.07, 6.45) is 5.76. The van der Waals surface area contributed by atoms with Crippen molar-refractivity contribution in [2.45, 2.75) is 44.9 Å². The molecule has 0 bridgehead atoms. The second-order valence-corrected chi connectivity index (χ2v) is 4.37. The summed E-state index contributed by atoms with van der Waals surface area (Å²) >= 11 is 0. The summed E-state index contributed by atoms with van der Waals surface area (Å²) in [6, 6.07) is 0. The maximum Gasteiger partial charge on any atom is 0.226 e. The van der Waals surface area contributed by atoms with Gasteiger partial charge in [-0.1, -0.05) is 6.92 Å². The molecule has 1 fully saturated rings. The Morgan fingerprint density at radius 1 is 1.65 bits per heavy atom. The normalized spacial score (nSPS) is 24.1. The van der Waals surface area contributed by atoms with E-state index in [1.54, 1.807) is 6.20 Å². The van der Waals surface area contributed by atoms with Gasteiger partial charge in [-0.25, -0.2) is 4.98 Å². The first-order valence-electron chi connectivity index (χ1n) is 6.17. The molecular weight excluding hydrogens is 218 g/mol. The largest absolute Gasteiger partial charge is 0.365 e. The second kappa shape index (κ2) is 5.42. The van der Waals surface area contributed by atoms with Crippen molar-refractivity contribution in [2.75, 3.05) is 6.54 Å². The van der Waals surface area contributed by atoms with Crippen LogP contribution in [-0.4, -0.2) is 34.1 Å². The molecule has 0 radical (unpaired) electrons. The maximum atomic E-state index is 12.2. The highest BCUT2D eigenvalue weighted by molar-refractivity contribution is 5.96. The molecule has 2 unspecified atom stereocenters. The summed E-state index contributed by atoms with van der Waals surface area (Å²) in [4.78, 5) is 16.3. The van der Waals surface area contributed by atoms with E-state index in [-0.39, 0.29) is 18.0 Å². The number of carbonyl (C=O) groups excluding carboxylic acids is 1. The van der Waals surface area contributed by atoms with Gasteiger partial charge in [-0.15, -0.1) is 0 Å². The summed E-state index contributed by atoms with van der Waals surface area (Å²) in [5.41, 5.74) is 5.54. The molecule has 0 saturated carbocycles. The standard InChI is InChI=1S/C12H19N3O2/c1-2-6-15-7-5-14-12(15)11(16)10-4-3-9(8-13)17-10/h5,7,9-10H,2-4,6,8,13H2,1H3. The van der Waals surface area contributed by atoms with Crippen molar-refractivity contribution in [2.24, 2.45) is 5.73 Å². The Hall–Kier alpha value is -1.20. The van der Waals surface area contributed by atoms with E-state index in [1.165, 1.54) is 0 Å². The number of nitrogens with two attached hydrogens (primary N) is 1. The molecule has 0 amide bonds. The van der Waals surface area contributed by atoms with Crippen molar-refractivity contribution < 1.29 is 9.53 Å². The summed E-state index contributed by atoms with van der Waals surface area (Å²) in [7, 11) is 0. The number of Topliss-reactive ketones (excluding diaryl/α,β-unsaturated/α-hetero) is 1. The minimum Gasteiger partial charge on any atom is -0.365 e. The summed E-state index contributed by atoms with van der Waals surface area (Å²) in [5.74, 6) is 0.494. The van der Waals surface area contributed by atoms with Gasteiger partial charge in [-0.05, 0) is 19.3 Å². The number of ether oxygens (including phenoxy) is 1. The van der Waals surface area contributed by atoms with Crippen molar-refractivity contribution >= 4 is 5.78 Å². The third-order valence-electron chi connectivity index (χ3n) is 3.06. The van der Waals surface area contributed by atoms with Crippen molar-refractivity contribution in [3.05, 3.63) is 18.2 Å². The average molecular weight is 237 g/mol. The minimum absolute atomic E-state index is 0.0144. The van der Waals surface area contributed by atoms with E-state index < -0.39 is 0 Å². The molecule has 0 aromatic carbocycles. The van der Waals surface area contributed by atoms with Gasteiger partial charge < -0.3 is 15.0 Å². The first-order chi connectivity index (χ1) is 8.26. The fourth-order valence-corrected chi connectivity index (χ4v) is 2.17. The van der Waals surface area contributed by atoms with Gasteiger partial charge in [0.2, 0.25) is 5.78 Å². The van der Waals surface area contributed by atoms with Crippen LogP contribution in [0.15, 0.2) is 12.4 Å². The van der Waals surface area contributed by atoms with Gasteiger partial charge in [-0.2, -0.15) is 0 Å². The van der Waals surface area contributed by atoms with Crippen LogP contribution in [0.1, 0.15) is 36.8 Å². The molecule has 94 valence electrons. The van der Waals surface area contributed by atoms with E-state index in [1.807, 2.05) is 10.8 Å². The molecule has 17 heavy (non-hydrogen) atoms. The molecule has 5 heteroatoms. The molecule has 5 nitrogen and oxygen atoms in total. The monoisotopic (exact) mass is 237 g/mol. The lowest BCUT2D eigenvalue weighted by Crippen LogP contribution is -2.27. The highest BCUT2D eigenvalue weighted by Gasteiger charge is 2.32. The molecule has 1 aromatic heterocycles. The Morgan fingerprint density at radius 2 is 2.47 bits per heavy atom. The third kappa shape index (κ3) is 2.56. The summed E-state index contributed by atoms with van der Waals surface area (Å²) in [6.45, 7) is 3.37. The number of carbonyl (C=O) groups is 1. The number of hydrogen-bond donors (Lipinski definition) is 1. The highest BCUT2D eigenvalue weighted by atomic mass is 16.5. The van der Waals surface area contributed by atoms with Crippen LogP contribution in [0.5, 0.6) is 0 Å². The van der Waals surface area contributed by atoms with E-state index in [9.17, 15) is 4.79 Å². The van der Waals surface area contributed by atoms with E-state index in [2.05, 4.69) is 11.9 Å². The number of ketones is 1. The fraction of sp³-hybridized carbons (Fsp3) is 0.667. The van der Waals surface area contributed by atoms with Gasteiger partial charge in [0.15, 0.2) is 5.82 Å². The number of nitrogens with zero attached hydrogens (tertiary/aromatic N) is 2. The van der Waals surface area contributed by atoms with Crippen LogP contribution in [0.3, 0.4) is 0 Å². The summed E-state index contributed by atoms with van der Waals surface area (Å²) < 4.78 is 7.49. The zero-order chi connectivity index (χ0) is 12.3. The van der Waals surface area contributed by atoms with Crippen LogP contribution in [0, 0.1) is 0 Å². The molecule has 1 aliphatic rings. The van der Waals surface area contributed by atoms with Gasteiger partial charge in [0.05, 0.1) is 6.10 Å². The molecule has 1 saturated heterocycles. The van der Waals surface area contributed by atoms with Crippen molar-refractivity contribution in [3.8, 4) is 0 Å². The smallest absolute Gasteiger partial charge is 0.226 e. The molecular formula is C12H19N3O2. The molecule has 1 aromatic rings.